The van der Waals surface area contributed by atoms with E-state index >= 15 is 0 Å². The molecule has 2 N–H and O–H groups in total. The highest BCUT2D eigenvalue weighted by atomic mass is 16.7. The Balaban J connectivity index is 2.96. The first kappa shape index (κ1) is 15.0. The molecule has 0 saturated heterocycles. The van der Waals surface area contributed by atoms with E-state index in [0.717, 1.165) is 11.3 Å². The second kappa shape index (κ2) is 7.36. The minimum Gasteiger partial charge on any atom is -0.494 e. The molecule has 0 atom stereocenters. The van der Waals surface area contributed by atoms with E-state index < -0.39 is 5.79 Å². The molecule has 0 aliphatic carbocycles. The van der Waals surface area contributed by atoms with Gasteiger partial charge in [0.2, 0.25) is 5.79 Å². The highest BCUT2D eigenvalue weighted by Crippen LogP contribution is 2.28. The van der Waals surface area contributed by atoms with Crippen molar-refractivity contribution in [3.8, 4) is 5.75 Å². The lowest BCUT2D eigenvalue weighted by atomic mass is 10.1. The first-order chi connectivity index (χ1) is 8.72. The van der Waals surface area contributed by atoms with Gasteiger partial charge in [0.25, 0.3) is 0 Å². The highest BCUT2D eigenvalue weighted by molar-refractivity contribution is 5.30. The van der Waals surface area contributed by atoms with Crippen LogP contribution in [0.1, 0.15) is 26.3 Å². The second-order valence-electron chi connectivity index (χ2n) is 3.78. The van der Waals surface area contributed by atoms with Crippen molar-refractivity contribution in [1.82, 2.24) is 0 Å². The molecule has 0 aromatic heterocycles. The summed E-state index contributed by atoms with van der Waals surface area (Å²) in [5.41, 5.74) is 6.74. The van der Waals surface area contributed by atoms with E-state index in [-0.39, 0.29) is 6.54 Å². The maximum Gasteiger partial charge on any atom is 0.207 e. The number of benzene rings is 1. The molecule has 0 bridgehead atoms. The Morgan fingerprint density at radius 3 is 1.89 bits per heavy atom. The number of hydrogen-bond donors (Lipinski definition) is 1. The van der Waals surface area contributed by atoms with Gasteiger partial charge in [-0.15, -0.1) is 0 Å². The van der Waals surface area contributed by atoms with Crippen LogP contribution in [0.4, 0.5) is 0 Å². The van der Waals surface area contributed by atoms with E-state index in [9.17, 15) is 0 Å². The molecule has 0 amide bonds. The molecule has 0 aliphatic rings. The minimum atomic E-state index is -0.853. The van der Waals surface area contributed by atoms with Crippen LogP contribution in [0, 0.1) is 0 Å². The maximum absolute atomic E-state index is 5.83. The van der Waals surface area contributed by atoms with Crippen molar-refractivity contribution in [3.63, 3.8) is 0 Å². The molecule has 1 rings (SSSR count). The van der Waals surface area contributed by atoms with Crippen LogP contribution >= 0.6 is 0 Å². The molecule has 18 heavy (non-hydrogen) atoms. The van der Waals surface area contributed by atoms with E-state index in [1.807, 2.05) is 45.0 Å². The number of nitrogens with two attached hydrogens (primary N) is 1. The minimum absolute atomic E-state index is 0.280. The van der Waals surface area contributed by atoms with Crippen molar-refractivity contribution in [2.24, 2.45) is 5.73 Å². The molecule has 0 spiro atoms. The SMILES string of the molecule is CCOc1ccc(C(CN)(OCC)OCC)cc1. The summed E-state index contributed by atoms with van der Waals surface area (Å²) in [5, 5.41) is 0. The predicted octanol–water partition coefficient (Wildman–Crippen LogP) is 2.27. The lowest BCUT2D eigenvalue weighted by Crippen LogP contribution is -2.40. The number of hydrogen-bond acceptors (Lipinski definition) is 4. The van der Waals surface area contributed by atoms with Crippen molar-refractivity contribution < 1.29 is 14.2 Å². The summed E-state index contributed by atoms with van der Waals surface area (Å²) >= 11 is 0. The lowest BCUT2D eigenvalue weighted by Gasteiger charge is -2.32. The van der Waals surface area contributed by atoms with Gasteiger partial charge in [0.1, 0.15) is 5.75 Å². The van der Waals surface area contributed by atoms with E-state index in [0.29, 0.717) is 19.8 Å². The third kappa shape index (κ3) is 3.45. The Kier molecular flexibility index (Phi) is 6.12. The van der Waals surface area contributed by atoms with Crippen molar-refractivity contribution in [1.29, 1.82) is 0 Å². The lowest BCUT2D eigenvalue weighted by molar-refractivity contribution is -0.235. The Hall–Kier alpha value is -1.10. The van der Waals surface area contributed by atoms with E-state index in [2.05, 4.69) is 0 Å². The zero-order chi connectivity index (χ0) is 13.4. The van der Waals surface area contributed by atoms with Gasteiger partial charge < -0.3 is 19.9 Å². The van der Waals surface area contributed by atoms with Crippen LogP contribution in [0.25, 0.3) is 0 Å². The molecule has 0 heterocycles. The molecule has 0 unspecified atom stereocenters. The van der Waals surface area contributed by atoms with Gasteiger partial charge in [-0.3, -0.25) is 0 Å². The van der Waals surface area contributed by atoms with Crippen LogP contribution in [0.3, 0.4) is 0 Å². The Morgan fingerprint density at radius 2 is 1.50 bits per heavy atom. The van der Waals surface area contributed by atoms with Gasteiger partial charge in [-0.25, -0.2) is 0 Å². The molecule has 102 valence electrons. The maximum atomic E-state index is 5.83. The fourth-order valence-electron chi connectivity index (χ4n) is 1.88. The molecule has 0 saturated carbocycles. The summed E-state index contributed by atoms with van der Waals surface area (Å²) in [5.74, 6) is -0.0194. The smallest absolute Gasteiger partial charge is 0.207 e. The Labute approximate surface area is 109 Å². The Bertz CT molecular complexity index is 331. The summed E-state index contributed by atoms with van der Waals surface area (Å²) < 4.78 is 16.8. The molecular formula is C14H23NO3. The van der Waals surface area contributed by atoms with Gasteiger partial charge in [-0.05, 0) is 45.0 Å². The van der Waals surface area contributed by atoms with Gasteiger partial charge in [-0.2, -0.15) is 0 Å². The second-order valence-corrected chi connectivity index (χ2v) is 3.78. The number of rotatable bonds is 8. The van der Waals surface area contributed by atoms with Crippen LogP contribution in [-0.4, -0.2) is 26.4 Å². The molecule has 4 heteroatoms. The van der Waals surface area contributed by atoms with Gasteiger partial charge >= 0.3 is 0 Å². The van der Waals surface area contributed by atoms with E-state index in [4.69, 9.17) is 19.9 Å². The van der Waals surface area contributed by atoms with Crippen molar-refractivity contribution >= 4 is 0 Å². The van der Waals surface area contributed by atoms with Gasteiger partial charge in [0.15, 0.2) is 0 Å². The average molecular weight is 253 g/mol. The van der Waals surface area contributed by atoms with Crippen LogP contribution in [0.2, 0.25) is 0 Å². The van der Waals surface area contributed by atoms with Crippen molar-refractivity contribution in [3.05, 3.63) is 29.8 Å². The molecular weight excluding hydrogens is 230 g/mol. The standard InChI is InChI=1S/C14H23NO3/c1-4-16-13-9-7-12(8-10-13)14(11-15,17-5-2)18-6-3/h7-10H,4-6,11,15H2,1-3H3. The summed E-state index contributed by atoms with van der Waals surface area (Å²) in [7, 11) is 0. The fraction of sp³-hybridized carbons (Fsp3) is 0.571. The average Bonchev–Trinajstić information content (AvgIpc) is 2.39. The van der Waals surface area contributed by atoms with Crippen LogP contribution < -0.4 is 10.5 Å². The third-order valence-electron chi connectivity index (χ3n) is 2.63. The zero-order valence-electron chi connectivity index (χ0n) is 11.4. The quantitative estimate of drug-likeness (QED) is 0.722. The van der Waals surface area contributed by atoms with Crippen molar-refractivity contribution in [2.75, 3.05) is 26.4 Å². The summed E-state index contributed by atoms with van der Waals surface area (Å²) in [6.45, 7) is 7.84. The summed E-state index contributed by atoms with van der Waals surface area (Å²) in [6, 6.07) is 7.68. The molecule has 0 fully saturated rings. The fourth-order valence-corrected chi connectivity index (χ4v) is 1.88. The summed E-state index contributed by atoms with van der Waals surface area (Å²) in [4.78, 5) is 0. The van der Waals surface area contributed by atoms with Crippen LogP contribution in [-0.2, 0) is 15.3 Å². The monoisotopic (exact) mass is 253 g/mol. The van der Waals surface area contributed by atoms with Gasteiger partial charge in [-0.1, -0.05) is 0 Å². The first-order valence-electron chi connectivity index (χ1n) is 6.43. The van der Waals surface area contributed by atoms with Crippen molar-refractivity contribution in [2.45, 2.75) is 26.6 Å². The normalized spacial score (nSPS) is 11.6. The predicted molar refractivity (Wildman–Crippen MR) is 71.6 cm³/mol. The van der Waals surface area contributed by atoms with Crippen LogP contribution in [0.5, 0.6) is 5.75 Å². The molecule has 1 aromatic rings. The molecule has 1 aromatic carbocycles. The third-order valence-corrected chi connectivity index (χ3v) is 2.63. The van der Waals surface area contributed by atoms with Gasteiger partial charge in [0, 0.05) is 18.8 Å². The summed E-state index contributed by atoms with van der Waals surface area (Å²) in [6.07, 6.45) is 0. The number of ether oxygens (including phenoxy) is 3. The topological polar surface area (TPSA) is 53.7 Å². The molecule has 4 nitrogen and oxygen atoms in total. The van der Waals surface area contributed by atoms with Crippen LogP contribution in [0.15, 0.2) is 24.3 Å². The zero-order valence-corrected chi connectivity index (χ0v) is 11.4. The van der Waals surface area contributed by atoms with Gasteiger partial charge in [0.05, 0.1) is 13.2 Å². The van der Waals surface area contributed by atoms with E-state index in [1.165, 1.54) is 0 Å². The van der Waals surface area contributed by atoms with E-state index in [1.54, 1.807) is 0 Å². The highest BCUT2D eigenvalue weighted by Gasteiger charge is 2.32. The Morgan fingerprint density at radius 1 is 0.944 bits per heavy atom. The largest absolute Gasteiger partial charge is 0.494 e. The molecule has 0 radical (unpaired) electrons. The first-order valence-corrected chi connectivity index (χ1v) is 6.43. The molecule has 0 aliphatic heterocycles.